The Morgan fingerprint density at radius 2 is 1.69 bits per heavy atom. The number of fused-ring (bicyclic) bond motifs is 1. The fourth-order valence-corrected chi connectivity index (χ4v) is 4.06. The highest BCUT2D eigenvalue weighted by atomic mass is 16.4. The summed E-state index contributed by atoms with van der Waals surface area (Å²) in [5.74, 6) is 3.54. The summed E-state index contributed by atoms with van der Waals surface area (Å²) in [6.07, 6.45) is 4.44. The number of imidazole rings is 1. The number of carbonyl (C=O) groups is 2. The van der Waals surface area contributed by atoms with Crippen molar-refractivity contribution in [3.05, 3.63) is 39.3 Å². The van der Waals surface area contributed by atoms with Crippen LogP contribution >= 0.6 is 0 Å². The van der Waals surface area contributed by atoms with Crippen molar-refractivity contribution in [1.82, 2.24) is 28.5 Å². The minimum atomic E-state index is -1.26. The summed E-state index contributed by atoms with van der Waals surface area (Å²) in [7, 11) is 3.74. The predicted molar refractivity (Wildman–Crippen MR) is 146 cm³/mol. The van der Waals surface area contributed by atoms with Gasteiger partial charge in [0.05, 0.1) is 12.9 Å². The normalized spacial score (nSPS) is 15.8. The fourth-order valence-electron chi connectivity index (χ4n) is 4.06. The second-order valence-corrected chi connectivity index (χ2v) is 9.68. The molecule has 0 bridgehead atoms. The molecule has 0 aromatic carbocycles. The molecule has 3 heterocycles. The third-order valence-corrected chi connectivity index (χ3v) is 6.24. The first-order valence-electron chi connectivity index (χ1n) is 12.8. The van der Waals surface area contributed by atoms with E-state index in [1.165, 1.54) is 9.13 Å². The van der Waals surface area contributed by atoms with Crippen LogP contribution in [0.3, 0.4) is 0 Å². The van der Waals surface area contributed by atoms with Crippen molar-refractivity contribution in [3.8, 4) is 11.8 Å². The molecular formula is C26H38N6O7. The van der Waals surface area contributed by atoms with Gasteiger partial charge in [-0.15, -0.1) is 0 Å². The van der Waals surface area contributed by atoms with E-state index in [0.29, 0.717) is 49.2 Å². The number of likely N-dealkylation sites (N-methyl/N-ethyl adjacent to an activating group) is 1. The number of aliphatic carboxylic acids is 2. The maximum atomic E-state index is 13.0. The van der Waals surface area contributed by atoms with Crippen LogP contribution in [0.2, 0.25) is 0 Å². The number of aliphatic hydroxyl groups is 1. The van der Waals surface area contributed by atoms with Gasteiger partial charge in [0.2, 0.25) is 0 Å². The van der Waals surface area contributed by atoms with Crippen LogP contribution in [-0.4, -0.2) is 101 Å². The largest absolute Gasteiger partial charge is 0.478 e. The molecule has 1 unspecified atom stereocenters. The SMILES string of the molecule is CCCn1cnc2c1c(=O)n(CCCC(C)(O)C#CCN1CCN(C)CC1)c(=O)n2C.O=C(O)C=CC(=O)O. The Balaban J connectivity index is 0.000000580. The van der Waals surface area contributed by atoms with Crippen molar-refractivity contribution in [2.24, 2.45) is 7.05 Å². The average molecular weight is 547 g/mol. The second-order valence-electron chi connectivity index (χ2n) is 9.68. The number of hydrogen-bond acceptors (Lipinski definition) is 8. The molecule has 3 rings (SSSR count). The Bertz CT molecular complexity index is 1330. The highest BCUT2D eigenvalue weighted by Gasteiger charge is 2.20. The first kappa shape index (κ1) is 31.5. The van der Waals surface area contributed by atoms with Crippen molar-refractivity contribution < 1.29 is 24.9 Å². The van der Waals surface area contributed by atoms with Gasteiger partial charge in [0.25, 0.3) is 5.56 Å². The number of nitrogens with zero attached hydrogens (tertiary/aromatic N) is 6. The van der Waals surface area contributed by atoms with Gasteiger partial charge in [-0.25, -0.2) is 19.4 Å². The Kier molecular flexibility index (Phi) is 11.7. The van der Waals surface area contributed by atoms with Crippen molar-refractivity contribution in [2.75, 3.05) is 39.8 Å². The van der Waals surface area contributed by atoms with Crippen LogP contribution in [0.15, 0.2) is 28.1 Å². The van der Waals surface area contributed by atoms with Gasteiger partial charge in [-0.3, -0.25) is 18.8 Å². The van der Waals surface area contributed by atoms with Crippen LogP contribution in [0.1, 0.15) is 33.1 Å². The van der Waals surface area contributed by atoms with Crippen LogP contribution in [-0.2, 0) is 29.7 Å². The van der Waals surface area contributed by atoms with Crippen LogP contribution in [0, 0.1) is 11.8 Å². The monoisotopic (exact) mass is 546 g/mol. The summed E-state index contributed by atoms with van der Waals surface area (Å²) in [5, 5.41) is 26.2. The van der Waals surface area contributed by atoms with Gasteiger partial charge in [-0.2, -0.15) is 0 Å². The number of hydrogen-bond donors (Lipinski definition) is 3. The van der Waals surface area contributed by atoms with Gasteiger partial charge >= 0.3 is 17.6 Å². The van der Waals surface area contributed by atoms with E-state index < -0.39 is 17.5 Å². The van der Waals surface area contributed by atoms with Gasteiger partial charge < -0.3 is 24.8 Å². The van der Waals surface area contributed by atoms with Crippen molar-refractivity contribution in [2.45, 2.75) is 51.8 Å². The van der Waals surface area contributed by atoms with Crippen LogP contribution in [0.4, 0.5) is 0 Å². The molecule has 0 spiro atoms. The fraction of sp³-hybridized carbons (Fsp3) is 0.577. The van der Waals surface area contributed by atoms with Gasteiger partial charge in [0, 0.05) is 58.5 Å². The maximum absolute atomic E-state index is 13.0. The third kappa shape index (κ3) is 9.51. The van der Waals surface area contributed by atoms with Crippen molar-refractivity contribution >= 4 is 23.1 Å². The molecule has 0 amide bonds. The zero-order chi connectivity index (χ0) is 29.2. The molecule has 13 nitrogen and oxygen atoms in total. The number of carboxylic acid groups (broad SMARTS) is 2. The van der Waals surface area contributed by atoms with E-state index in [0.717, 1.165) is 32.6 Å². The standard InChI is InChI=1S/C22H34N6O3.C4H4O4/c1-5-10-27-17-23-19-18(27)20(29)28(21(30)25(19)4)12-7-9-22(2,31)8-6-11-26-15-13-24(3)14-16-26;5-3(6)1-2-4(7)8/h17,31H,5,7,9-16H2,1-4H3;1-2H,(H,5,6)(H,7,8). The number of aromatic nitrogens is 4. The number of aryl methyl sites for hydroxylation is 2. The van der Waals surface area contributed by atoms with E-state index >= 15 is 0 Å². The van der Waals surface area contributed by atoms with E-state index in [9.17, 15) is 24.3 Å². The molecule has 0 radical (unpaired) electrons. The smallest absolute Gasteiger partial charge is 0.332 e. The molecule has 1 atom stereocenters. The lowest BCUT2D eigenvalue weighted by atomic mass is 10.0. The molecule has 1 saturated heterocycles. The number of carboxylic acids is 2. The summed E-state index contributed by atoms with van der Waals surface area (Å²) in [5.41, 5.74) is -1.02. The van der Waals surface area contributed by atoms with E-state index in [-0.39, 0.29) is 17.8 Å². The summed E-state index contributed by atoms with van der Waals surface area (Å²) in [6.45, 7) is 9.28. The molecule has 1 fully saturated rings. The zero-order valence-electron chi connectivity index (χ0n) is 23.0. The Labute approximate surface area is 226 Å². The molecule has 2 aromatic heterocycles. The second kappa shape index (κ2) is 14.4. The van der Waals surface area contributed by atoms with Gasteiger partial charge in [0.15, 0.2) is 11.2 Å². The van der Waals surface area contributed by atoms with E-state index in [1.54, 1.807) is 24.9 Å². The van der Waals surface area contributed by atoms with E-state index in [4.69, 9.17) is 10.2 Å². The van der Waals surface area contributed by atoms with Crippen LogP contribution in [0.5, 0.6) is 0 Å². The minimum Gasteiger partial charge on any atom is -0.478 e. The van der Waals surface area contributed by atoms with Gasteiger partial charge in [-0.1, -0.05) is 18.8 Å². The Hall–Kier alpha value is -3.73. The van der Waals surface area contributed by atoms with E-state index in [1.807, 2.05) is 6.92 Å². The molecule has 2 aromatic rings. The molecule has 1 aliphatic rings. The first-order chi connectivity index (χ1) is 18.4. The molecule has 214 valence electrons. The summed E-state index contributed by atoms with van der Waals surface area (Å²) in [4.78, 5) is 53.6. The topological polar surface area (TPSA) is 163 Å². The molecule has 0 saturated carbocycles. The maximum Gasteiger partial charge on any atom is 0.332 e. The number of rotatable bonds is 9. The average Bonchev–Trinajstić information content (AvgIpc) is 3.29. The molecular weight excluding hydrogens is 508 g/mol. The lowest BCUT2D eigenvalue weighted by Crippen LogP contribution is -2.44. The highest BCUT2D eigenvalue weighted by Crippen LogP contribution is 2.12. The molecule has 13 heteroatoms. The summed E-state index contributed by atoms with van der Waals surface area (Å²) < 4.78 is 4.45. The minimum absolute atomic E-state index is 0.231. The lowest BCUT2D eigenvalue weighted by molar-refractivity contribution is -0.134. The van der Waals surface area contributed by atoms with E-state index in [2.05, 4.69) is 33.7 Å². The summed E-state index contributed by atoms with van der Waals surface area (Å²) >= 11 is 0. The number of piperazine rings is 1. The quantitative estimate of drug-likeness (QED) is 0.284. The highest BCUT2D eigenvalue weighted by molar-refractivity contribution is 5.89. The Morgan fingerprint density at radius 3 is 2.26 bits per heavy atom. The summed E-state index contributed by atoms with van der Waals surface area (Å²) in [6, 6.07) is 0. The van der Waals surface area contributed by atoms with Gasteiger partial charge in [0.1, 0.15) is 5.60 Å². The van der Waals surface area contributed by atoms with Crippen molar-refractivity contribution in [3.63, 3.8) is 0 Å². The Morgan fingerprint density at radius 1 is 1.08 bits per heavy atom. The van der Waals surface area contributed by atoms with Crippen LogP contribution < -0.4 is 11.2 Å². The van der Waals surface area contributed by atoms with Crippen molar-refractivity contribution in [1.29, 1.82) is 0 Å². The first-order valence-corrected chi connectivity index (χ1v) is 12.8. The molecule has 3 N–H and O–H groups in total. The molecule has 0 aliphatic carbocycles. The predicted octanol–water partition coefficient (Wildman–Crippen LogP) is -0.199. The van der Waals surface area contributed by atoms with Crippen LogP contribution in [0.25, 0.3) is 11.2 Å². The zero-order valence-corrected chi connectivity index (χ0v) is 23.0. The molecule has 1 aliphatic heterocycles. The molecule has 39 heavy (non-hydrogen) atoms. The van der Waals surface area contributed by atoms with Gasteiger partial charge in [-0.05, 0) is 33.2 Å². The lowest BCUT2D eigenvalue weighted by Gasteiger charge is -2.30. The third-order valence-electron chi connectivity index (χ3n) is 6.24.